The van der Waals surface area contributed by atoms with E-state index in [1.807, 2.05) is 0 Å². The molecule has 2 rings (SSSR count). The van der Waals surface area contributed by atoms with Crippen LogP contribution in [0, 0.1) is 5.82 Å². The van der Waals surface area contributed by atoms with Gasteiger partial charge in [-0.2, -0.15) is 0 Å². The Hall–Kier alpha value is -2.62. The number of rotatable bonds is 8. The summed E-state index contributed by atoms with van der Waals surface area (Å²) >= 11 is 0.912. The Kier molecular flexibility index (Phi) is 6.96. The second-order valence-corrected chi connectivity index (χ2v) is 6.19. The molecule has 1 aliphatic heterocycles. The van der Waals surface area contributed by atoms with Crippen molar-refractivity contribution in [2.45, 2.75) is 13.0 Å². The van der Waals surface area contributed by atoms with Gasteiger partial charge in [-0.15, -0.1) is 0 Å². The van der Waals surface area contributed by atoms with Crippen LogP contribution in [0.25, 0.3) is 0 Å². The molecule has 1 aliphatic rings. The highest BCUT2D eigenvalue weighted by Crippen LogP contribution is 2.17. The number of nitrogens with zero attached hydrogens (tertiary/aromatic N) is 1. The van der Waals surface area contributed by atoms with Crippen LogP contribution < -0.4 is 10.1 Å². The molecule has 26 heavy (non-hydrogen) atoms. The Morgan fingerprint density at radius 3 is 2.62 bits per heavy atom. The molecule has 0 saturated carbocycles. The van der Waals surface area contributed by atoms with E-state index < -0.39 is 30.4 Å². The second-order valence-electron chi connectivity index (χ2n) is 5.27. The summed E-state index contributed by atoms with van der Waals surface area (Å²) in [6, 6.07) is 5.09. The molecule has 1 saturated heterocycles. The van der Waals surface area contributed by atoms with Gasteiger partial charge in [-0.05, 0) is 31.2 Å². The van der Waals surface area contributed by atoms with Gasteiger partial charge in [0.2, 0.25) is 5.91 Å². The average Bonchev–Trinajstić information content (AvgIpc) is 2.93. The number of esters is 1. The smallest absolute Gasteiger partial charge is 0.344 e. The number of benzene rings is 1. The minimum Gasteiger partial charge on any atom is -0.482 e. The fraction of sp³-hybridized carbons (Fsp3) is 0.375. The van der Waals surface area contributed by atoms with E-state index in [-0.39, 0.29) is 30.0 Å². The first kappa shape index (κ1) is 19.7. The fourth-order valence-corrected chi connectivity index (χ4v) is 2.74. The van der Waals surface area contributed by atoms with E-state index in [2.05, 4.69) is 5.32 Å². The van der Waals surface area contributed by atoms with Crippen molar-refractivity contribution in [3.8, 4) is 5.75 Å². The lowest BCUT2D eigenvalue weighted by molar-refractivity contribution is -0.156. The van der Waals surface area contributed by atoms with E-state index in [0.717, 1.165) is 16.7 Å². The molecule has 10 heteroatoms. The summed E-state index contributed by atoms with van der Waals surface area (Å²) in [5.74, 6) is -1.66. The number of ether oxygens (including phenoxy) is 2. The molecule has 1 aromatic carbocycles. The number of halogens is 1. The lowest BCUT2D eigenvalue weighted by Crippen LogP contribution is -2.42. The van der Waals surface area contributed by atoms with Crippen molar-refractivity contribution >= 4 is 34.8 Å². The number of imide groups is 1. The summed E-state index contributed by atoms with van der Waals surface area (Å²) < 4.78 is 22.8. The van der Waals surface area contributed by atoms with Gasteiger partial charge >= 0.3 is 5.97 Å². The summed E-state index contributed by atoms with van der Waals surface area (Å²) in [4.78, 5) is 47.4. The zero-order chi connectivity index (χ0) is 19.1. The van der Waals surface area contributed by atoms with Crippen molar-refractivity contribution in [3.63, 3.8) is 0 Å². The Morgan fingerprint density at radius 1 is 1.31 bits per heavy atom. The molecule has 0 unspecified atom stereocenters. The van der Waals surface area contributed by atoms with Gasteiger partial charge in [0.1, 0.15) is 11.6 Å². The van der Waals surface area contributed by atoms with Crippen molar-refractivity contribution in [2.24, 2.45) is 0 Å². The lowest BCUT2D eigenvalue weighted by Gasteiger charge is -2.16. The molecule has 8 nitrogen and oxygen atoms in total. The van der Waals surface area contributed by atoms with E-state index in [0.29, 0.717) is 5.75 Å². The number of hydrogen-bond acceptors (Lipinski definition) is 7. The quantitative estimate of drug-likeness (QED) is 0.666. The first-order valence-corrected chi connectivity index (χ1v) is 8.68. The molecule has 1 fully saturated rings. The standard InChI is InChI=1S/C16H17FN2O6S/c1-10(15(22)18-6-7-19-13(20)9-26-16(19)23)25-14(21)8-24-12-4-2-11(17)3-5-12/h2-5,10H,6-9H2,1H3,(H,18,22)/t10-/m0/s1. The summed E-state index contributed by atoms with van der Waals surface area (Å²) in [5, 5.41) is 2.14. The van der Waals surface area contributed by atoms with Crippen LogP contribution in [0.1, 0.15) is 6.92 Å². The highest BCUT2D eigenvalue weighted by atomic mass is 32.2. The highest BCUT2D eigenvalue weighted by molar-refractivity contribution is 8.14. The number of carbonyl (C=O) groups excluding carboxylic acids is 4. The molecular formula is C16H17FN2O6S. The molecule has 1 atom stereocenters. The van der Waals surface area contributed by atoms with Crippen LogP contribution in [0.2, 0.25) is 0 Å². The first-order chi connectivity index (χ1) is 12.4. The van der Waals surface area contributed by atoms with Gasteiger partial charge in [-0.25, -0.2) is 9.18 Å². The molecule has 3 amide bonds. The molecule has 1 aromatic rings. The van der Waals surface area contributed by atoms with Crippen LogP contribution in [0.3, 0.4) is 0 Å². The summed E-state index contributed by atoms with van der Waals surface area (Å²) in [7, 11) is 0. The molecule has 0 radical (unpaired) electrons. The third-order valence-electron chi connectivity index (χ3n) is 3.32. The van der Waals surface area contributed by atoms with Crippen LogP contribution in [0.5, 0.6) is 5.75 Å². The maximum absolute atomic E-state index is 12.8. The van der Waals surface area contributed by atoms with Gasteiger partial charge in [0.15, 0.2) is 12.7 Å². The van der Waals surface area contributed by atoms with Crippen LogP contribution in [-0.4, -0.2) is 59.5 Å². The van der Waals surface area contributed by atoms with Gasteiger partial charge in [0, 0.05) is 13.1 Å². The second kappa shape index (κ2) is 9.18. The van der Waals surface area contributed by atoms with Gasteiger partial charge in [0.05, 0.1) is 5.75 Å². The van der Waals surface area contributed by atoms with Crippen LogP contribution in [-0.2, 0) is 19.1 Å². The maximum atomic E-state index is 12.8. The van der Waals surface area contributed by atoms with E-state index >= 15 is 0 Å². The Bertz CT molecular complexity index is 680. The molecular weight excluding hydrogens is 367 g/mol. The molecule has 0 aliphatic carbocycles. The minimum absolute atomic E-state index is 0.0603. The van der Waals surface area contributed by atoms with Gasteiger partial charge in [0.25, 0.3) is 11.1 Å². The predicted molar refractivity (Wildman–Crippen MR) is 90.0 cm³/mol. The monoisotopic (exact) mass is 384 g/mol. The Balaban J connectivity index is 1.67. The molecule has 0 bridgehead atoms. The van der Waals surface area contributed by atoms with Crippen molar-refractivity contribution in [1.82, 2.24) is 10.2 Å². The maximum Gasteiger partial charge on any atom is 0.344 e. The van der Waals surface area contributed by atoms with Crippen LogP contribution >= 0.6 is 11.8 Å². The average molecular weight is 384 g/mol. The van der Waals surface area contributed by atoms with E-state index in [4.69, 9.17) is 9.47 Å². The van der Waals surface area contributed by atoms with Crippen molar-refractivity contribution in [3.05, 3.63) is 30.1 Å². The van der Waals surface area contributed by atoms with Crippen molar-refractivity contribution in [1.29, 1.82) is 0 Å². The van der Waals surface area contributed by atoms with Crippen molar-refractivity contribution < 1.29 is 33.0 Å². The molecule has 140 valence electrons. The normalized spacial score (nSPS) is 14.9. The minimum atomic E-state index is -1.07. The number of carbonyl (C=O) groups is 4. The summed E-state index contributed by atoms with van der Waals surface area (Å²) in [6.07, 6.45) is -1.07. The lowest BCUT2D eigenvalue weighted by atomic mass is 10.3. The fourth-order valence-electron chi connectivity index (χ4n) is 1.99. The topological polar surface area (TPSA) is 102 Å². The van der Waals surface area contributed by atoms with E-state index in [1.54, 1.807) is 0 Å². The predicted octanol–water partition coefficient (Wildman–Crippen LogP) is 0.948. The van der Waals surface area contributed by atoms with Crippen LogP contribution in [0.15, 0.2) is 24.3 Å². The Morgan fingerprint density at radius 2 is 2.00 bits per heavy atom. The van der Waals surface area contributed by atoms with Gasteiger partial charge < -0.3 is 14.8 Å². The van der Waals surface area contributed by atoms with Gasteiger partial charge in [-0.3, -0.25) is 19.3 Å². The Labute approximate surface area is 153 Å². The largest absolute Gasteiger partial charge is 0.482 e. The number of amides is 3. The highest BCUT2D eigenvalue weighted by Gasteiger charge is 2.29. The molecule has 1 heterocycles. The SMILES string of the molecule is C[C@H](OC(=O)COc1ccc(F)cc1)C(=O)NCCN1C(=O)CSC1=O. The first-order valence-electron chi connectivity index (χ1n) is 7.69. The number of thioether (sulfide) groups is 1. The third-order valence-corrected chi connectivity index (χ3v) is 4.18. The molecule has 0 aromatic heterocycles. The number of hydrogen-bond donors (Lipinski definition) is 1. The van der Waals surface area contributed by atoms with E-state index in [1.165, 1.54) is 31.2 Å². The summed E-state index contributed by atoms with van der Waals surface area (Å²) in [6.45, 7) is 1.07. The molecule has 1 N–H and O–H groups in total. The zero-order valence-electron chi connectivity index (χ0n) is 13.9. The third kappa shape index (κ3) is 5.73. The number of nitrogens with one attached hydrogen (secondary N) is 1. The van der Waals surface area contributed by atoms with Gasteiger partial charge in [-0.1, -0.05) is 11.8 Å². The van der Waals surface area contributed by atoms with Crippen molar-refractivity contribution in [2.75, 3.05) is 25.4 Å². The zero-order valence-corrected chi connectivity index (χ0v) is 14.7. The van der Waals surface area contributed by atoms with Crippen LogP contribution in [0.4, 0.5) is 9.18 Å². The van der Waals surface area contributed by atoms with E-state index in [9.17, 15) is 23.6 Å². The summed E-state index contributed by atoms with van der Waals surface area (Å²) in [5.41, 5.74) is 0. The molecule has 0 spiro atoms.